The third-order valence-electron chi connectivity index (χ3n) is 6.12. The van der Waals surface area contributed by atoms with Gasteiger partial charge in [0.1, 0.15) is 0 Å². The van der Waals surface area contributed by atoms with Crippen LogP contribution in [0.4, 0.5) is 0 Å². The molecule has 0 unspecified atom stereocenters. The largest absolute Gasteiger partial charge is 0.490 e. The van der Waals surface area contributed by atoms with Gasteiger partial charge in [-0.1, -0.05) is 0 Å². The predicted molar refractivity (Wildman–Crippen MR) is 107 cm³/mol. The van der Waals surface area contributed by atoms with Crippen molar-refractivity contribution in [1.29, 1.82) is 0 Å². The third kappa shape index (κ3) is 4.22. The number of benzene rings is 1. The van der Waals surface area contributed by atoms with E-state index < -0.39 is 10.0 Å². The Morgan fingerprint density at radius 3 is 2.34 bits per heavy atom. The number of nitrogens with one attached hydrogen (secondary N) is 1. The van der Waals surface area contributed by atoms with E-state index in [1.54, 1.807) is 18.2 Å². The summed E-state index contributed by atoms with van der Waals surface area (Å²) in [5.41, 5.74) is 0. The number of rotatable bonds is 4. The fourth-order valence-electron chi connectivity index (χ4n) is 4.29. The standard InChI is InChI=1S/C20H29N3O5S/c1-16(20(24)22-7-2-3-8-22)21-9-11-23(12-10-21)29(25,26)17-5-6-18-19(15-17)28-14-4-13-27-18/h5-6,15-16H,2-4,7-14H2,1H3/p+1/t16-/m0/s1. The van der Waals surface area contributed by atoms with Crippen molar-refractivity contribution >= 4 is 15.9 Å². The molecule has 1 amide bonds. The van der Waals surface area contributed by atoms with Gasteiger partial charge in [0.2, 0.25) is 10.0 Å². The first-order chi connectivity index (χ1) is 14.0. The van der Waals surface area contributed by atoms with Crippen molar-refractivity contribution < 1.29 is 27.6 Å². The number of likely N-dealkylation sites (tertiary alicyclic amines) is 1. The minimum atomic E-state index is -3.60. The molecule has 1 aromatic rings. The van der Waals surface area contributed by atoms with Crippen LogP contribution >= 0.6 is 0 Å². The molecule has 3 aliphatic heterocycles. The van der Waals surface area contributed by atoms with Gasteiger partial charge in [0.15, 0.2) is 17.5 Å². The fraction of sp³-hybridized carbons (Fsp3) is 0.650. The summed E-state index contributed by atoms with van der Waals surface area (Å²) in [7, 11) is -3.60. The molecule has 0 spiro atoms. The van der Waals surface area contributed by atoms with E-state index in [0.717, 1.165) is 37.3 Å². The maximum absolute atomic E-state index is 13.1. The third-order valence-corrected chi connectivity index (χ3v) is 8.02. The molecule has 0 aromatic heterocycles. The first-order valence-electron chi connectivity index (χ1n) is 10.5. The molecule has 3 aliphatic rings. The average molecular weight is 425 g/mol. The topological polar surface area (TPSA) is 80.6 Å². The van der Waals surface area contributed by atoms with E-state index in [9.17, 15) is 13.2 Å². The Morgan fingerprint density at radius 1 is 1.00 bits per heavy atom. The van der Waals surface area contributed by atoms with Crippen molar-refractivity contribution in [2.24, 2.45) is 0 Å². The zero-order chi connectivity index (χ0) is 20.4. The second-order valence-corrected chi connectivity index (χ2v) is 9.91. The number of piperazine rings is 1. The Labute approximate surface area is 172 Å². The van der Waals surface area contributed by atoms with Gasteiger partial charge in [-0.15, -0.1) is 0 Å². The zero-order valence-electron chi connectivity index (χ0n) is 16.9. The summed E-state index contributed by atoms with van der Waals surface area (Å²) in [4.78, 5) is 16.0. The number of carbonyl (C=O) groups is 1. The van der Waals surface area contributed by atoms with Crippen molar-refractivity contribution in [1.82, 2.24) is 9.21 Å². The summed E-state index contributed by atoms with van der Waals surface area (Å²) in [6.45, 7) is 6.81. The molecule has 8 nitrogen and oxygen atoms in total. The van der Waals surface area contributed by atoms with E-state index in [1.165, 1.54) is 4.31 Å². The van der Waals surface area contributed by atoms with E-state index in [4.69, 9.17) is 9.47 Å². The van der Waals surface area contributed by atoms with Gasteiger partial charge in [-0.05, 0) is 31.9 Å². The van der Waals surface area contributed by atoms with Gasteiger partial charge < -0.3 is 19.3 Å². The van der Waals surface area contributed by atoms with Gasteiger partial charge in [-0.25, -0.2) is 8.42 Å². The molecule has 29 heavy (non-hydrogen) atoms. The summed E-state index contributed by atoms with van der Waals surface area (Å²) >= 11 is 0. The van der Waals surface area contributed by atoms with Crippen LogP contribution in [0.2, 0.25) is 0 Å². The molecule has 4 rings (SSSR count). The van der Waals surface area contributed by atoms with Crippen molar-refractivity contribution in [2.45, 2.75) is 37.1 Å². The summed E-state index contributed by atoms with van der Waals surface area (Å²) in [5, 5.41) is 0. The minimum Gasteiger partial charge on any atom is -0.490 e. The molecule has 2 fully saturated rings. The normalized spacial score (nSPS) is 22.3. The summed E-state index contributed by atoms with van der Waals surface area (Å²) in [5.74, 6) is 1.26. The molecule has 1 atom stereocenters. The molecule has 0 aliphatic carbocycles. The number of amides is 1. The molecule has 0 saturated carbocycles. The second kappa shape index (κ2) is 8.49. The Balaban J connectivity index is 1.41. The predicted octanol–water partition coefficient (Wildman–Crippen LogP) is -0.252. The van der Waals surface area contributed by atoms with Crippen molar-refractivity contribution in [3.63, 3.8) is 0 Å². The molecule has 9 heteroatoms. The number of hydrogen-bond donors (Lipinski definition) is 1. The Morgan fingerprint density at radius 2 is 1.66 bits per heavy atom. The molecule has 0 bridgehead atoms. The average Bonchev–Trinajstić information content (AvgIpc) is 3.18. The van der Waals surface area contributed by atoms with Gasteiger partial charge in [0, 0.05) is 25.6 Å². The van der Waals surface area contributed by atoms with E-state index in [0.29, 0.717) is 50.9 Å². The summed E-state index contributed by atoms with van der Waals surface area (Å²) in [6.07, 6.45) is 2.93. The highest BCUT2D eigenvalue weighted by molar-refractivity contribution is 7.89. The van der Waals surface area contributed by atoms with E-state index >= 15 is 0 Å². The lowest BCUT2D eigenvalue weighted by atomic mass is 10.2. The molecular formula is C20H30N3O5S+. The summed E-state index contributed by atoms with van der Waals surface area (Å²) in [6, 6.07) is 4.69. The van der Waals surface area contributed by atoms with Crippen molar-refractivity contribution in [3.8, 4) is 11.5 Å². The zero-order valence-corrected chi connectivity index (χ0v) is 17.7. The molecule has 160 valence electrons. The second-order valence-electron chi connectivity index (χ2n) is 7.98. The molecule has 1 N–H and O–H groups in total. The highest BCUT2D eigenvalue weighted by Crippen LogP contribution is 2.32. The van der Waals surface area contributed by atoms with Crippen LogP contribution in [0.25, 0.3) is 0 Å². The van der Waals surface area contributed by atoms with Crippen LogP contribution in [0, 0.1) is 0 Å². The number of carbonyl (C=O) groups excluding carboxylic acids is 1. The Bertz CT molecular complexity index is 846. The SMILES string of the molecule is C[C@@H](C(=O)N1CCCC1)[NH+]1CCN(S(=O)(=O)c2ccc3c(c2)OCCCO3)CC1. The highest BCUT2D eigenvalue weighted by Gasteiger charge is 2.36. The van der Waals surface area contributed by atoms with Gasteiger partial charge in [-0.3, -0.25) is 4.79 Å². The number of hydrogen-bond acceptors (Lipinski definition) is 5. The monoisotopic (exact) mass is 424 g/mol. The van der Waals surface area contributed by atoms with E-state index in [2.05, 4.69) is 0 Å². The van der Waals surface area contributed by atoms with Crippen LogP contribution in [0.1, 0.15) is 26.2 Å². The van der Waals surface area contributed by atoms with Crippen LogP contribution in [0.3, 0.4) is 0 Å². The van der Waals surface area contributed by atoms with Crippen LogP contribution in [0.15, 0.2) is 23.1 Å². The van der Waals surface area contributed by atoms with Crippen LogP contribution < -0.4 is 14.4 Å². The number of quaternary nitrogens is 1. The van der Waals surface area contributed by atoms with Crippen LogP contribution in [-0.4, -0.2) is 82.1 Å². The molecule has 1 aromatic carbocycles. The van der Waals surface area contributed by atoms with E-state index in [1.807, 2.05) is 11.8 Å². The van der Waals surface area contributed by atoms with Gasteiger partial charge in [0.25, 0.3) is 5.91 Å². The minimum absolute atomic E-state index is 0.129. The first kappa shape index (κ1) is 20.4. The molecule has 3 heterocycles. The molecular weight excluding hydrogens is 394 g/mol. The number of sulfonamides is 1. The van der Waals surface area contributed by atoms with Crippen LogP contribution in [0.5, 0.6) is 11.5 Å². The van der Waals surface area contributed by atoms with Crippen molar-refractivity contribution in [3.05, 3.63) is 18.2 Å². The Hall–Kier alpha value is -1.84. The molecule has 2 saturated heterocycles. The lowest BCUT2D eigenvalue weighted by Crippen LogP contribution is -3.19. The maximum Gasteiger partial charge on any atom is 0.280 e. The number of fused-ring (bicyclic) bond motifs is 1. The lowest BCUT2D eigenvalue weighted by Gasteiger charge is -2.35. The Kier molecular flexibility index (Phi) is 5.98. The smallest absolute Gasteiger partial charge is 0.280 e. The lowest BCUT2D eigenvalue weighted by molar-refractivity contribution is -0.918. The highest BCUT2D eigenvalue weighted by atomic mass is 32.2. The number of ether oxygens (including phenoxy) is 2. The van der Waals surface area contributed by atoms with Gasteiger partial charge >= 0.3 is 0 Å². The van der Waals surface area contributed by atoms with Gasteiger partial charge in [0.05, 0.1) is 44.3 Å². The quantitative estimate of drug-likeness (QED) is 0.721. The summed E-state index contributed by atoms with van der Waals surface area (Å²) < 4.78 is 39.0. The number of nitrogens with zero attached hydrogens (tertiary/aromatic N) is 2. The first-order valence-corrected chi connectivity index (χ1v) is 11.9. The van der Waals surface area contributed by atoms with E-state index in [-0.39, 0.29) is 16.8 Å². The molecule has 0 radical (unpaired) electrons. The van der Waals surface area contributed by atoms with Crippen LogP contribution in [-0.2, 0) is 14.8 Å². The fourth-order valence-corrected chi connectivity index (χ4v) is 5.74. The van der Waals surface area contributed by atoms with Gasteiger partial charge in [-0.2, -0.15) is 4.31 Å². The van der Waals surface area contributed by atoms with Crippen molar-refractivity contribution in [2.75, 3.05) is 52.5 Å². The maximum atomic E-state index is 13.1.